The molecule has 1 aliphatic rings. The lowest BCUT2D eigenvalue weighted by Gasteiger charge is -2.25. The fourth-order valence-electron chi connectivity index (χ4n) is 2.36. The van der Waals surface area contributed by atoms with Crippen molar-refractivity contribution >= 4 is 5.91 Å². The van der Waals surface area contributed by atoms with Gasteiger partial charge in [-0.15, -0.1) is 0 Å². The summed E-state index contributed by atoms with van der Waals surface area (Å²) in [5, 5.41) is 6.17. The number of fused-ring (bicyclic) bond motifs is 1. The van der Waals surface area contributed by atoms with Gasteiger partial charge in [0, 0.05) is 12.7 Å². The van der Waals surface area contributed by atoms with E-state index in [1.54, 1.807) is 12.3 Å². The molecule has 0 spiro atoms. The maximum Gasteiger partial charge on any atom is 0.237 e. The number of benzene rings is 1. The highest BCUT2D eigenvalue weighted by Crippen LogP contribution is 2.16. The molecule has 0 saturated carbocycles. The zero-order valence-electron chi connectivity index (χ0n) is 11.0. The number of hydrogen-bond acceptors (Lipinski definition) is 4. The number of hydrogen-bond donors (Lipinski definition) is 2. The summed E-state index contributed by atoms with van der Waals surface area (Å²) < 4.78 is 0. The summed E-state index contributed by atoms with van der Waals surface area (Å²) in [6.07, 6.45) is 3.88. The second kappa shape index (κ2) is 5.79. The summed E-state index contributed by atoms with van der Waals surface area (Å²) in [5.74, 6) is 0.0121. The highest BCUT2D eigenvalue weighted by molar-refractivity contribution is 5.82. The number of amides is 1. The molecule has 5 heteroatoms. The molecule has 1 aromatic carbocycles. The predicted octanol–water partition coefficient (Wildman–Crippen LogP) is 0.807. The van der Waals surface area contributed by atoms with Gasteiger partial charge in [-0.05, 0) is 23.6 Å². The van der Waals surface area contributed by atoms with Gasteiger partial charge >= 0.3 is 0 Å². The minimum atomic E-state index is -0.174. The third-order valence-electron chi connectivity index (χ3n) is 3.48. The summed E-state index contributed by atoms with van der Waals surface area (Å²) in [6.45, 7) is 1.17. The van der Waals surface area contributed by atoms with Gasteiger partial charge in [-0.2, -0.15) is 0 Å². The third kappa shape index (κ3) is 2.83. The number of aromatic nitrogens is 2. The Kier molecular flexibility index (Phi) is 3.69. The molecule has 5 nitrogen and oxygen atoms in total. The number of carbonyl (C=O) groups excluding carboxylic acids is 1. The summed E-state index contributed by atoms with van der Waals surface area (Å²) in [4.78, 5) is 20.1. The fourth-order valence-corrected chi connectivity index (χ4v) is 2.36. The van der Waals surface area contributed by atoms with E-state index < -0.39 is 0 Å². The second-order valence-corrected chi connectivity index (χ2v) is 4.82. The topological polar surface area (TPSA) is 66.9 Å². The van der Waals surface area contributed by atoms with E-state index in [-0.39, 0.29) is 11.9 Å². The standard InChI is InChI=1S/C15H16N4O/c20-15(18-9-13-5-6-16-10-19-13)14-7-11-3-1-2-4-12(11)8-17-14/h1-6,10,14,17H,7-9H2,(H,18,20)/t14-/m1/s1. The minimum Gasteiger partial charge on any atom is -0.349 e. The summed E-state index contributed by atoms with van der Waals surface area (Å²) in [7, 11) is 0. The van der Waals surface area contributed by atoms with Crippen molar-refractivity contribution in [1.82, 2.24) is 20.6 Å². The molecule has 2 N–H and O–H groups in total. The monoisotopic (exact) mass is 268 g/mol. The highest BCUT2D eigenvalue weighted by atomic mass is 16.2. The second-order valence-electron chi connectivity index (χ2n) is 4.82. The van der Waals surface area contributed by atoms with Crippen LogP contribution >= 0.6 is 0 Å². The zero-order valence-corrected chi connectivity index (χ0v) is 11.0. The maximum atomic E-state index is 12.2. The number of nitrogens with zero attached hydrogens (tertiary/aromatic N) is 2. The first-order valence-corrected chi connectivity index (χ1v) is 6.66. The Balaban J connectivity index is 1.59. The van der Waals surface area contributed by atoms with E-state index in [4.69, 9.17) is 0 Å². The van der Waals surface area contributed by atoms with Crippen molar-refractivity contribution in [3.8, 4) is 0 Å². The van der Waals surface area contributed by atoms with Crippen LogP contribution in [0.4, 0.5) is 0 Å². The first-order chi connectivity index (χ1) is 9.83. The smallest absolute Gasteiger partial charge is 0.237 e. The molecule has 20 heavy (non-hydrogen) atoms. The molecule has 0 aliphatic carbocycles. The van der Waals surface area contributed by atoms with Crippen LogP contribution < -0.4 is 10.6 Å². The molecule has 1 aliphatic heterocycles. The Hall–Kier alpha value is -2.27. The van der Waals surface area contributed by atoms with E-state index in [2.05, 4.69) is 32.7 Å². The Morgan fingerprint density at radius 1 is 1.30 bits per heavy atom. The van der Waals surface area contributed by atoms with Crippen LogP contribution in [0.3, 0.4) is 0 Å². The molecule has 0 unspecified atom stereocenters. The summed E-state index contributed by atoms with van der Waals surface area (Å²) in [6, 6.07) is 9.84. The largest absolute Gasteiger partial charge is 0.349 e. The molecule has 2 aromatic rings. The Morgan fingerprint density at radius 3 is 2.95 bits per heavy atom. The van der Waals surface area contributed by atoms with Crippen LogP contribution in [0.2, 0.25) is 0 Å². The molecule has 102 valence electrons. The van der Waals surface area contributed by atoms with Gasteiger partial charge < -0.3 is 10.6 Å². The minimum absolute atomic E-state index is 0.0121. The molecule has 2 heterocycles. The Bertz CT molecular complexity index is 600. The van der Waals surface area contributed by atoms with Crippen LogP contribution in [0.15, 0.2) is 42.9 Å². The van der Waals surface area contributed by atoms with Crippen LogP contribution in [0, 0.1) is 0 Å². The summed E-state index contributed by atoms with van der Waals surface area (Å²) in [5.41, 5.74) is 3.32. The van der Waals surface area contributed by atoms with Gasteiger partial charge in [0.1, 0.15) is 6.33 Å². The van der Waals surface area contributed by atoms with Crippen LogP contribution in [0.5, 0.6) is 0 Å². The van der Waals surface area contributed by atoms with Gasteiger partial charge in [0.2, 0.25) is 5.91 Å². The van der Waals surface area contributed by atoms with E-state index in [0.29, 0.717) is 6.54 Å². The number of rotatable bonds is 3. The Morgan fingerprint density at radius 2 is 2.15 bits per heavy atom. The third-order valence-corrected chi connectivity index (χ3v) is 3.48. The highest BCUT2D eigenvalue weighted by Gasteiger charge is 2.23. The average molecular weight is 268 g/mol. The van der Waals surface area contributed by atoms with Crippen molar-refractivity contribution in [2.75, 3.05) is 0 Å². The van der Waals surface area contributed by atoms with Crippen LogP contribution in [0.25, 0.3) is 0 Å². The molecule has 0 saturated heterocycles. The Labute approximate surface area is 117 Å². The van der Waals surface area contributed by atoms with Crippen molar-refractivity contribution in [3.05, 3.63) is 59.7 Å². The lowest BCUT2D eigenvalue weighted by atomic mass is 9.95. The van der Waals surface area contributed by atoms with Crippen molar-refractivity contribution < 1.29 is 4.79 Å². The van der Waals surface area contributed by atoms with E-state index in [1.807, 2.05) is 12.1 Å². The van der Waals surface area contributed by atoms with Gasteiger partial charge in [0.25, 0.3) is 0 Å². The van der Waals surface area contributed by atoms with Crippen LogP contribution in [-0.2, 0) is 24.3 Å². The zero-order chi connectivity index (χ0) is 13.8. The molecule has 0 radical (unpaired) electrons. The van der Waals surface area contributed by atoms with Gasteiger partial charge in [-0.1, -0.05) is 24.3 Å². The molecule has 3 rings (SSSR count). The molecule has 0 bridgehead atoms. The van der Waals surface area contributed by atoms with Gasteiger partial charge in [-0.3, -0.25) is 4.79 Å². The van der Waals surface area contributed by atoms with Crippen LogP contribution in [-0.4, -0.2) is 21.9 Å². The van der Waals surface area contributed by atoms with Gasteiger partial charge in [0.05, 0.1) is 18.3 Å². The lowest BCUT2D eigenvalue weighted by molar-refractivity contribution is -0.123. The number of carbonyl (C=O) groups is 1. The molecular weight excluding hydrogens is 252 g/mol. The van der Waals surface area contributed by atoms with Gasteiger partial charge in [-0.25, -0.2) is 9.97 Å². The normalized spacial score (nSPS) is 17.3. The molecule has 1 atom stereocenters. The van der Waals surface area contributed by atoms with E-state index >= 15 is 0 Å². The van der Waals surface area contributed by atoms with E-state index in [1.165, 1.54) is 17.5 Å². The molecule has 0 fully saturated rings. The lowest BCUT2D eigenvalue weighted by Crippen LogP contribution is -2.47. The first-order valence-electron chi connectivity index (χ1n) is 6.66. The van der Waals surface area contributed by atoms with Crippen molar-refractivity contribution in [2.45, 2.75) is 25.6 Å². The number of nitrogens with one attached hydrogen (secondary N) is 2. The van der Waals surface area contributed by atoms with Crippen molar-refractivity contribution in [1.29, 1.82) is 0 Å². The van der Waals surface area contributed by atoms with Crippen molar-refractivity contribution in [3.63, 3.8) is 0 Å². The molecule has 1 aromatic heterocycles. The first kappa shape index (κ1) is 12.7. The predicted molar refractivity (Wildman–Crippen MR) is 74.7 cm³/mol. The maximum absolute atomic E-state index is 12.2. The van der Waals surface area contributed by atoms with Gasteiger partial charge in [0.15, 0.2) is 0 Å². The molecular formula is C15H16N4O. The quantitative estimate of drug-likeness (QED) is 0.864. The SMILES string of the molecule is O=C(NCc1ccncn1)[C@H]1Cc2ccccc2CN1. The van der Waals surface area contributed by atoms with E-state index in [9.17, 15) is 4.79 Å². The van der Waals surface area contributed by atoms with Crippen LogP contribution in [0.1, 0.15) is 16.8 Å². The van der Waals surface area contributed by atoms with Crippen molar-refractivity contribution in [2.24, 2.45) is 0 Å². The average Bonchev–Trinajstić information content (AvgIpc) is 2.53. The molecule has 1 amide bonds. The summed E-state index contributed by atoms with van der Waals surface area (Å²) >= 11 is 0. The van der Waals surface area contributed by atoms with E-state index in [0.717, 1.165) is 18.7 Å². The fraction of sp³-hybridized carbons (Fsp3) is 0.267.